The smallest absolute Gasteiger partial charge is 0.243 e. The number of carbonyl (C=O) groups is 2. The van der Waals surface area contributed by atoms with E-state index in [-0.39, 0.29) is 23.6 Å². The minimum Gasteiger partial charge on any atom is -0.352 e. The first kappa shape index (κ1) is 27.8. The molecule has 36 heavy (non-hydrogen) atoms. The molecule has 3 aromatic carbocycles. The quantitative estimate of drug-likeness (QED) is 0.298. The van der Waals surface area contributed by atoms with Crippen molar-refractivity contribution in [3.05, 3.63) is 106 Å². The molecular formula is C30H35ClN2O2S. The van der Waals surface area contributed by atoms with Gasteiger partial charge in [0, 0.05) is 29.8 Å². The molecule has 0 aliphatic carbocycles. The highest BCUT2D eigenvalue weighted by Gasteiger charge is 2.31. The minimum absolute atomic E-state index is 0.0309. The van der Waals surface area contributed by atoms with E-state index in [1.54, 1.807) is 4.90 Å². The largest absolute Gasteiger partial charge is 0.352 e. The van der Waals surface area contributed by atoms with E-state index in [0.29, 0.717) is 23.7 Å². The zero-order chi connectivity index (χ0) is 25.9. The number of aryl methyl sites for hydroxylation is 1. The second kappa shape index (κ2) is 14.1. The van der Waals surface area contributed by atoms with E-state index < -0.39 is 6.04 Å². The molecule has 0 aliphatic heterocycles. The summed E-state index contributed by atoms with van der Waals surface area (Å²) >= 11 is 7.66. The Morgan fingerprint density at radius 1 is 0.972 bits per heavy atom. The molecule has 1 N–H and O–H groups in total. The van der Waals surface area contributed by atoms with Crippen LogP contribution in [0.5, 0.6) is 0 Å². The lowest BCUT2D eigenvalue weighted by atomic mass is 10.0. The Balaban J connectivity index is 1.86. The number of thioether (sulfide) groups is 1. The molecule has 0 saturated heterocycles. The van der Waals surface area contributed by atoms with E-state index >= 15 is 0 Å². The van der Waals surface area contributed by atoms with Crippen molar-refractivity contribution in [3.8, 4) is 0 Å². The standard InChI is InChI=1S/C30H35ClN2O2S/c1-4-23(3)32-30(35)28(18-24-12-6-5-7-13-24)33(19-26-15-9-8-11-22(26)2)29(34)21-36-20-25-14-10-16-27(31)17-25/h5-17,23,28H,4,18-21H2,1-3H3,(H,32,35)/t23-,28+/m0/s1. The van der Waals surface area contributed by atoms with Crippen molar-refractivity contribution in [2.24, 2.45) is 0 Å². The van der Waals surface area contributed by atoms with Crippen LogP contribution in [0, 0.1) is 6.92 Å². The maximum atomic E-state index is 13.7. The summed E-state index contributed by atoms with van der Waals surface area (Å²) in [6, 6.07) is 25.0. The van der Waals surface area contributed by atoms with Gasteiger partial charge in [-0.15, -0.1) is 11.8 Å². The van der Waals surface area contributed by atoms with Crippen LogP contribution in [-0.2, 0) is 28.3 Å². The molecule has 0 fully saturated rings. The summed E-state index contributed by atoms with van der Waals surface area (Å²) in [6.07, 6.45) is 1.28. The van der Waals surface area contributed by atoms with E-state index in [0.717, 1.165) is 28.7 Å². The number of amides is 2. The Bertz CT molecular complexity index is 1140. The van der Waals surface area contributed by atoms with E-state index in [1.807, 2.05) is 99.6 Å². The van der Waals surface area contributed by atoms with Crippen LogP contribution in [0.1, 0.15) is 42.5 Å². The number of rotatable bonds is 12. The van der Waals surface area contributed by atoms with Crippen molar-refractivity contribution in [2.75, 3.05) is 5.75 Å². The number of nitrogens with zero attached hydrogens (tertiary/aromatic N) is 1. The maximum Gasteiger partial charge on any atom is 0.243 e. The number of hydrogen-bond donors (Lipinski definition) is 1. The molecule has 0 spiro atoms. The average molecular weight is 523 g/mol. The van der Waals surface area contributed by atoms with Gasteiger partial charge in [-0.25, -0.2) is 0 Å². The second-order valence-corrected chi connectivity index (χ2v) is 10.5. The van der Waals surface area contributed by atoms with Gasteiger partial charge in [0.2, 0.25) is 11.8 Å². The van der Waals surface area contributed by atoms with Crippen LogP contribution in [0.25, 0.3) is 0 Å². The van der Waals surface area contributed by atoms with Gasteiger partial charge in [-0.2, -0.15) is 0 Å². The highest BCUT2D eigenvalue weighted by Crippen LogP contribution is 2.21. The molecule has 3 rings (SSSR count). The van der Waals surface area contributed by atoms with Crippen molar-refractivity contribution in [3.63, 3.8) is 0 Å². The van der Waals surface area contributed by atoms with Crippen LogP contribution in [0.2, 0.25) is 5.02 Å². The zero-order valence-corrected chi connectivity index (χ0v) is 22.8. The molecule has 2 amide bonds. The zero-order valence-electron chi connectivity index (χ0n) is 21.2. The van der Waals surface area contributed by atoms with Crippen molar-refractivity contribution < 1.29 is 9.59 Å². The third kappa shape index (κ3) is 8.42. The molecule has 4 nitrogen and oxygen atoms in total. The summed E-state index contributed by atoms with van der Waals surface area (Å²) in [7, 11) is 0. The van der Waals surface area contributed by atoms with Crippen LogP contribution in [0.15, 0.2) is 78.9 Å². The van der Waals surface area contributed by atoms with Crippen LogP contribution in [-0.4, -0.2) is 34.6 Å². The van der Waals surface area contributed by atoms with Crippen molar-refractivity contribution in [1.29, 1.82) is 0 Å². The number of halogens is 1. The number of nitrogens with one attached hydrogen (secondary N) is 1. The molecule has 6 heteroatoms. The second-order valence-electron chi connectivity index (χ2n) is 9.09. The predicted octanol–water partition coefficient (Wildman–Crippen LogP) is 6.44. The van der Waals surface area contributed by atoms with Crippen LogP contribution < -0.4 is 5.32 Å². The lowest BCUT2D eigenvalue weighted by Crippen LogP contribution is -2.52. The number of hydrogen-bond acceptors (Lipinski definition) is 3. The van der Waals surface area contributed by atoms with Gasteiger partial charge in [0.1, 0.15) is 6.04 Å². The fourth-order valence-electron chi connectivity index (χ4n) is 3.93. The van der Waals surface area contributed by atoms with Gasteiger partial charge in [-0.3, -0.25) is 9.59 Å². The van der Waals surface area contributed by atoms with Gasteiger partial charge >= 0.3 is 0 Å². The topological polar surface area (TPSA) is 49.4 Å². The first-order valence-electron chi connectivity index (χ1n) is 12.4. The van der Waals surface area contributed by atoms with Crippen molar-refractivity contribution >= 4 is 35.2 Å². The molecule has 0 unspecified atom stereocenters. The average Bonchev–Trinajstić information content (AvgIpc) is 2.87. The molecule has 2 atom stereocenters. The summed E-state index contributed by atoms with van der Waals surface area (Å²) in [4.78, 5) is 29.0. The normalized spacial score (nSPS) is 12.6. The van der Waals surface area contributed by atoms with Gasteiger partial charge in [0.05, 0.1) is 5.75 Å². The summed E-state index contributed by atoms with van der Waals surface area (Å²) in [5.74, 6) is 0.785. The molecule has 0 heterocycles. The fourth-order valence-corrected chi connectivity index (χ4v) is 5.00. The fraction of sp³-hybridized carbons (Fsp3) is 0.333. The maximum absolute atomic E-state index is 13.7. The van der Waals surface area contributed by atoms with E-state index in [9.17, 15) is 9.59 Å². The van der Waals surface area contributed by atoms with Crippen LogP contribution in [0.4, 0.5) is 0 Å². The van der Waals surface area contributed by atoms with Crippen LogP contribution >= 0.6 is 23.4 Å². The third-order valence-electron chi connectivity index (χ3n) is 6.26. The summed E-state index contributed by atoms with van der Waals surface area (Å²) in [5, 5.41) is 3.80. The summed E-state index contributed by atoms with van der Waals surface area (Å²) < 4.78 is 0. The lowest BCUT2D eigenvalue weighted by molar-refractivity contribution is -0.139. The monoisotopic (exact) mass is 522 g/mol. The van der Waals surface area contributed by atoms with E-state index in [2.05, 4.69) is 5.32 Å². The molecule has 0 aliphatic rings. The van der Waals surface area contributed by atoms with E-state index in [4.69, 9.17) is 11.6 Å². The first-order chi connectivity index (χ1) is 17.4. The van der Waals surface area contributed by atoms with E-state index in [1.165, 1.54) is 11.8 Å². The van der Waals surface area contributed by atoms with Gasteiger partial charge in [0.25, 0.3) is 0 Å². The molecule has 0 radical (unpaired) electrons. The van der Waals surface area contributed by atoms with Gasteiger partial charge in [-0.05, 0) is 54.7 Å². The highest BCUT2D eigenvalue weighted by molar-refractivity contribution is 7.99. The van der Waals surface area contributed by atoms with Crippen molar-refractivity contribution in [2.45, 2.75) is 58.0 Å². The number of carbonyl (C=O) groups excluding carboxylic acids is 2. The Kier molecular flexibility index (Phi) is 10.9. The Labute approximate surface area is 224 Å². The molecule has 190 valence electrons. The summed E-state index contributed by atoms with van der Waals surface area (Å²) in [5.41, 5.74) is 4.24. The van der Waals surface area contributed by atoms with Gasteiger partial charge in [-0.1, -0.05) is 85.3 Å². The Morgan fingerprint density at radius 3 is 2.36 bits per heavy atom. The minimum atomic E-state index is -0.611. The molecule has 0 saturated carbocycles. The third-order valence-corrected chi connectivity index (χ3v) is 7.48. The predicted molar refractivity (Wildman–Crippen MR) is 151 cm³/mol. The SMILES string of the molecule is CC[C@H](C)NC(=O)[C@@H](Cc1ccccc1)N(Cc1ccccc1C)C(=O)CSCc1cccc(Cl)c1. The molecular weight excluding hydrogens is 488 g/mol. The Morgan fingerprint density at radius 2 is 1.67 bits per heavy atom. The van der Waals surface area contributed by atoms with Crippen LogP contribution in [0.3, 0.4) is 0 Å². The van der Waals surface area contributed by atoms with Gasteiger partial charge in [0.15, 0.2) is 0 Å². The van der Waals surface area contributed by atoms with Crippen molar-refractivity contribution in [1.82, 2.24) is 10.2 Å². The molecule has 0 aromatic heterocycles. The highest BCUT2D eigenvalue weighted by atomic mass is 35.5. The van der Waals surface area contributed by atoms with Gasteiger partial charge < -0.3 is 10.2 Å². The lowest BCUT2D eigenvalue weighted by Gasteiger charge is -2.32. The molecule has 3 aromatic rings. The molecule has 0 bridgehead atoms. The number of benzene rings is 3. The first-order valence-corrected chi connectivity index (χ1v) is 13.9. The Hall–Kier alpha value is -2.76. The summed E-state index contributed by atoms with van der Waals surface area (Å²) in [6.45, 7) is 6.46.